The Morgan fingerprint density at radius 1 is 1.33 bits per heavy atom. The van der Waals surface area contributed by atoms with Crippen LogP contribution in [0.25, 0.3) is 0 Å². The van der Waals surface area contributed by atoms with Crippen molar-refractivity contribution in [1.82, 2.24) is 9.62 Å². The van der Waals surface area contributed by atoms with Crippen molar-refractivity contribution < 1.29 is 17.9 Å². The molecule has 1 aromatic carbocycles. The summed E-state index contributed by atoms with van der Waals surface area (Å²) < 4.78 is 40.7. The molecule has 0 saturated carbocycles. The van der Waals surface area contributed by atoms with E-state index in [4.69, 9.17) is 16.7 Å². The number of aliphatic hydroxyl groups excluding tert-OH is 1. The molecular formula is C13H18ClFN2O3S. The standard InChI is InChI=1S/C13H18ClFN2O3S/c14-11-7-10(9-18)13(15)12(8-11)21(19,20)16-3-6-17-4-1-2-5-17/h7-8,16,18H,1-6,9H2. The second kappa shape index (κ2) is 7.02. The summed E-state index contributed by atoms with van der Waals surface area (Å²) in [6.07, 6.45) is 2.24. The maximum atomic E-state index is 14.0. The number of rotatable bonds is 6. The van der Waals surface area contributed by atoms with E-state index in [9.17, 15) is 12.8 Å². The summed E-state index contributed by atoms with van der Waals surface area (Å²) in [6, 6.07) is 2.26. The van der Waals surface area contributed by atoms with Gasteiger partial charge in [0, 0.05) is 23.7 Å². The van der Waals surface area contributed by atoms with Crippen molar-refractivity contribution in [3.63, 3.8) is 0 Å². The van der Waals surface area contributed by atoms with E-state index >= 15 is 0 Å². The van der Waals surface area contributed by atoms with Crippen LogP contribution in [0.5, 0.6) is 0 Å². The van der Waals surface area contributed by atoms with Gasteiger partial charge in [0.05, 0.1) is 6.61 Å². The lowest BCUT2D eigenvalue weighted by Gasteiger charge is -2.15. The van der Waals surface area contributed by atoms with Crippen LogP contribution in [0.1, 0.15) is 18.4 Å². The van der Waals surface area contributed by atoms with E-state index in [1.54, 1.807) is 0 Å². The molecule has 0 atom stereocenters. The van der Waals surface area contributed by atoms with Crippen molar-refractivity contribution in [2.75, 3.05) is 26.2 Å². The maximum Gasteiger partial charge on any atom is 0.243 e. The molecule has 2 N–H and O–H groups in total. The minimum atomic E-state index is -3.98. The van der Waals surface area contributed by atoms with E-state index in [0.29, 0.717) is 6.54 Å². The Labute approximate surface area is 128 Å². The highest BCUT2D eigenvalue weighted by Gasteiger charge is 2.22. The molecule has 21 heavy (non-hydrogen) atoms. The summed E-state index contributed by atoms with van der Waals surface area (Å²) in [4.78, 5) is 1.62. The number of likely N-dealkylation sites (tertiary alicyclic amines) is 1. The first-order valence-corrected chi connectivity index (χ1v) is 8.61. The number of benzene rings is 1. The number of aliphatic hydroxyl groups is 1. The Bertz CT molecular complexity index is 604. The van der Waals surface area contributed by atoms with Crippen molar-refractivity contribution in [2.45, 2.75) is 24.3 Å². The van der Waals surface area contributed by atoms with Gasteiger partial charge in [-0.2, -0.15) is 0 Å². The Hall–Kier alpha value is -0.730. The van der Waals surface area contributed by atoms with E-state index < -0.39 is 27.3 Å². The number of hydrogen-bond acceptors (Lipinski definition) is 4. The van der Waals surface area contributed by atoms with Crippen LogP contribution >= 0.6 is 11.6 Å². The van der Waals surface area contributed by atoms with E-state index in [-0.39, 0.29) is 17.1 Å². The number of sulfonamides is 1. The molecule has 1 aromatic rings. The van der Waals surface area contributed by atoms with Gasteiger partial charge in [0.15, 0.2) is 0 Å². The van der Waals surface area contributed by atoms with E-state index in [1.807, 2.05) is 0 Å². The molecule has 1 heterocycles. The summed E-state index contributed by atoms with van der Waals surface area (Å²) in [5, 5.41) is 9.10. The van der Waals surface area contributed by atoms with Gasteiger partial charge in [-0.05, 0) is 38.1 Å². The quantitative estimate of drug-likeness (QED) is 0.822. The van der Waals surface area contributed by atoms with Crippen molar-refractivity contribution >= 4 is 21.6 Å². The Morgan fingerprint density at radius 2 is 2.00 bits per heavy atom. The number of nitrogens with one attached hydrogen (secondary N) is 1. The lowest BCUT2D eigenvalue weighted by atomic mass is 10.2. The van der Waals surface area contributed by atoms with Crippen LogP contribution in [0, 0.1) is 5.82 Å². The largest absolute Gasteiger partial charge is 0.392 e. The third-order valence-electron chi connectivity index (χ3n) is 3.46. The molecule has 0 amide bonds. The summed E-state index contributed by atoms with van der Waals surface area (Å²) >= 11 is 5.77. The molecule has 1 aliphatic heterocycles. The van der Waals surface area contributed by atoms with Gasteiger partial charge in [-0.3, -0.25) is 0 Å². The fraction of sp³-hybridized carbons (Fsp3) is 0.538. The number of nitrogens with zero attached hydrogens (tertiary/aromatic N) is 1. The van der Waals surface area contributed by atoms with Gasteiger partial charge in [0.2, 0.25) is 10.0 Å². The molecule has 1 aliphatic rings. The third-order valence-corrected chi connectivity index (χ3v) is 5.14. The highest BCUT2D eigenvalue weighted by molar-refractivity contribution is 7.89. The molecule has 1 saturated heterocycles. The van der Waals surface area contributed by atoms with Gasteiger partial charge in [-0.15, -0.1) is 0 Å². The van der Waals surface area contributed by atoms with Crippen LogP contribution in [-0.2, 0) is 16.6 Å². The molecule has 0 aromatic heterocycles. The highest BCUT2D eigenvalue weighted by Crippen LogP contribution is 2.23. The van der Waals surface area contributed by atoms with E-state index in [0.717, 1.165) is 32.0 Å². The van der Waals surface area contributed by atoms with Crippen LogP contribution in [0.15, 0.2) is 17.0 Å². The van der Waals surface area contributed by atoms with Gasteiger partial charge in [-0.25, -0.2) is 17.5 Å². The van der Waals surface area contributed by atoms with Crippen LogP contribution in [-0.4, -0.2) is 44.6 Å². The first-order chi connectivity index (χ1) is 9.94. The SMILES string of the molecule is O=S(=O)(NCCN1CCCC1)c1cc(Cl)cc(CO)c1F. The third kappa shape index (κ3) is 4.14. The van der Waals surface area contributed by atoms with Crippen LogP contribution in [0.4, 0.5) is 4.39 Å². The minimum Gasteiger partial charge on any atom is -0.392 e. The molecule has 0 bridgehead atoms. The van der Waals surface area contributed by atoms with Gasteiger partial charge in [-0.1, -0.05) is 11.6 Å². The van der Waals surface area contributed by atoms with Gasteiger partial charge in [0.1, 0.15) is 10.7 Å². The molecule has 8 heteroatoms. The Balaban J connectivity index is 2.09. The topological polar surface area (TPSA) is 69.6 Å². The zero-order valence-corrected chi connectivity index (χ0v) is 13.1. The molecule has 118 valence electrons. The van der Waals surface area contributed by atoms with E-state index in [1.165, 1.54) is 6.07 Å². The first-order valence-electron chi connectivity index (χ1n) is 6.75. The molecule has 1 fully saturated rings. The maximum absolute atomic E-state index is 14.0. The normalized spacial score (nSPS) is 16.5. The van der Waals surface area contributed by atoms with Gasteiger partial charge >= 0.3 is 0 Å². The second-order valence-corrected chi connectivity index (χ2v) is 7.15. The van der Waals surface area contributed by atoms with Crippen molar-refractivity contribution in [1.29, 1.82) is 0 Å². The summed E-state index contributed by atoms with van der Waals surface area (Å²) in [7, 11) is -3.98. The molecule has 2 rings (SSSR count). The summed E-state index contributed by atoms with van der Waals surface area (Å²) in [6.45, 7) is 2.11. The monoisotopic (exact) mass is 336 g/mol. The van der Waals surface area contributed by atoms with Crippen molar-refractivity contribution in [2.24, 2.45) is 0 Å². The second-order valence-electron chi connectivity index (χ2n) is 4.98. The molecule has 0 aliphatic carbocycles. The first kappa shape index (κ1) is 16.6. The fourth-order valence-electron chi connectivity index (χ4n) is 2.35. The molecule has 0 unspecified atom stereocenters. The van der Waals surface area contributed by atoms with Gasteiger partial charge in [0.25, 0.3) is 0 Å². The number of hydrogen-bond donors (Lipinski definition) is 2. The Morgan fingerprint density at radius 3 is 2.62 bits per heavy atom. The van der Waals surface area contributed by atoms with Crippen molar-refractivity contribution in [3.05, 3.63) is 28.5 Å². The zero-order valence-electron chi connectivity index (χ0n) is 11.5. The predicted molar refractivity (Wildman–Crippen MR) is 78.2 cm³/mol. The number of halogens is 2. The predicted octanol–water partition coefficient (Wildman–Crippen LogP) is 1.35. The van der Waals surface area contributed by atoms with Gasteiger partial charge < -0.3 is 10.0 Å². The molecule has 0 spiro atoms. The van der Waals surface area contributed by atoms with Crippen LogP contribution in [0.2, 0.25) is 5.02 Å². The summed E-state index contributed by atoms with van der Waals surface area (Å²) in [5.41, 5.74) is -0.137. The van der Waals surface area contributed by atoms with Crippen LogP contribution in [0.3, 0.4) is 0 Å². The lowest BCUT2D eigenvalue weighted by molar-refractivity contribution is 0.274. The summed E-state index contributed by atoms with van der Waals surface area (Å²) in [5.74, 6) is -0.962. The average Bonchev–Trinajstić information content (AvgIpc) is 2.93. The molecular weight excluding hydrogens is 319 g/mol. The molecule has 0 radical (unpaired) electrons. The molecule has 5 nitrogen and oxygen atoms in total. The van der Waals surface area contributed by atoms with E-state index in [2.05, 4.69) is 9.62 Å². The highest BCUT2D eigenvalue weighted by atomic mass is 35.5. The fourth-order valence-corrected chi connectivity index (χ4v) is 3.82. The Kier molecular flexibility index (Phi) is 5.56. The smallest absolute Gasteiger partial charge is 0.243 e. The minimum absolute atomic E-state index is 0.0698. The lowest BCUT2D eigenvalue weighted by Crippen LogP contribution is -2.34. The average molecular weight is 337 g/mol. The zero-order chi connectivity index (χ0) is 15.5. The van der Waals surface area contributed by atoms with Crippen LogP contribution < -0.4 is 4.72 Å². The van der Waals surface area contributed by atoms with Crippen molar-refractivity contribution in [3.8, 4) is 0 Å².